The third-order valence-corrected chi connectivity index (χ3v) is 3.70. The van der Waals surface area contributed by atoms with Gasteiger partial charge in [-0.05, 0) is 55.5 Å². The molecule has 0 aliphatic rings. The minimum Gasteiger partial charge on any atom is -0.457 e. The molecule has 0 radical (unpaired) electrons. The van der Waals surface area contributed by atoms with E-state index in [1.54, 1.807) is 43.3 Å². The first kappa shape index (κ1) is 20.0. The quantitative estimate of drug-likeness (QED) is 0.632. The maximum absolute atomic E-state index is 12.3. The Balaban J connectivity index is 1.66. The first-order chi connectivity index (χ1) is 13.7. The summed E-state index contributed by atoms with van der Waals surface area (Å²) in [7, 11) is 0. The van der Waals surface area contributed by atoms with E-state index in [2.05, 4.69) is 15.0 Å². The fourth-order valence-corrected chi connectivity index (χ4v) is 2.44. The van der Waals surface area contributed by atoms with Gasteiger partial charge >= 0.3 is 6.36 Å². The van der Waals surface area contributed by atoms with Gasteiger partial charge in [0, 0.05) is 17.4 Å². The van der Waals surface area contributed by atoms with Crippen LogP contribution in [0.1, 0.15) is 16.1 Å². The molecule has 0 unspecified atom stereocenters. The number of nitrogen functional groups attached to an aromatic ring is 1. The van der Waals surface area contributed by atoms with Crippen molar-refractivity contribution in [2.75, 3.05) is 11.1 Å². The Kier molecular flexibility index (Phi) is 5.58. The molecule has 0 atom stereocenters. The summed E-state index contributed by atoms with van der Waals surface area (Å²) in [5.41, 5.74) is 7.19. The second kappa shape index (κ2) is 8.09. The molecule has 1 amide bonds. The van der Waals surface area contributed by atoms with Gasteiger partial charge in [0.1, 0.15) is 23.1 Å². The number of amides is 1. The summed E-state index contributed by atoms with van der Waals surface area (Å²) in [6.07, 6.45) is -4.78. The van der Waals surface area contributed by atoms with Crippen LogP contribution in [0.2, 0.25) is 0 Å². The molecule has 0 saturated carbocycles. The number of benzene rings is 2. The molecule has 6 nitrogen and oxygen atoms in total. The number of pyridine rings is 1. The number of ether oxygens (including phenoxy) is 2. The van der Waals surface area contributed by atoms with Crippen LogP contribution in [0.4, 0.5) is 24.7 Å². The number of aryl methyl sites for hydroxylation is 1. The van der Waals surface area contributed by atoms with E-state index in [0.29, 0.717) is 17.1 Å². The van der Waals surface area contributed by atoms with Gasteiger partial charge in [0.2, 0.25) is 0 Å². The van der Waals surface area contributed by atoms with Crippen LogP contribution in [-0.2, 0) is 0 Å². The molecule has 3 N–H and O–H groups in total. The van der Waals surface area contributed by atoms with Gasteiger partial charge in [-0.2, -0.15) is 0 Å². The van der Waals surface area contributed by atoms with Crippen LogP contribution in [0.3, 0.4) is 0 Å². The fraction of sp³-hybridized carbons (Fsp3) is 0.100. The van der Waals surface area contributed by atoms with Crippen molar-refractivity contribution in [3.05, 3.63) is 71.9 Å². The average Bonchev–Trinajstić information content (AvgIpc) is 2.62. The van der Waals surface area contributed by atoms with Crippen molar-refractivity contribution < 1.29 is 27.4 Å². The summed E-state index contributed by atoms with van der Waals surface area (Å²) < 4.78 is 46.3. The van der Waals surface area contributed by atoms with Crippen molar-refractivity contribution in [1.29, 1.82) is 0 Å². The number of nitrogens with two attached hydrogens (primary N) is 1. The van der Waals surface area contributed by atoms with Crippen molar-refractivity contribution in [2.45, 2.75) is 13.3 Å². The van der Waals surface area contributed by atoms with Gasteiger partial charge in [-0.1, -0.05) is 6.07 Å². The number of hydrogen-bond donors (Lipinski definition) is 2. The lowest BCUT2D eigenvalue weighted by molar-refractivity contribution is -0.274. The Morgan fingerprint density at radius 2 is 1.69 bits per heavy atom. The summed E-state index contributed by atoms with van der Waals surface area (Å²) in [4.78, 5) is 16.3. The van der Waals surface area contributed by atoms with E-state index in [-0.39, 0.29) is 22.9 Å². The lowest BCUT2D eigenvalue weighted by Crippen LogP contribution is -2.17. The Labute approximate surface area is 164 Å². The van der Waals surface area contributed by atoms with Gasteiger partial charge in [-0.3, -0.25) is 4.79 Å². The van der Waals surface area contributed by atoms with Crippen molar-refractivity contribution in [3.63, 3.8) is 0 Å². The molecule has 9 heteroatoms. The SMILES string of the molecule is Cc1ccc(C(=O)Nc2ccc(Oc3cccc(OC(F)(F)F)c3)cc2)c(N)n1. The number of hydrogen-bond acceptors (Lipinski definition) is 5. The molecule has 0 bridgehead atoms. The number of halogens is 3. The van der Waals surface area contributed by atoms with E-state index >= 15 is 0 Å². The average molecular weight is 403 g/mol. The molecule has 3 rings (SSSR count). The van der Waals surface area contributed by atoms with Crippen molar-refractivity contribution in [3.8, 4) is 17.2 Å². The molecule has 1 aromatic heterocycles. The maximum atomic E-state index is 12.3. The lowest BCUT2D eigenvalue weighted by Gasteiger charge is -2.11. The zero-order valence-corrected chi connectivity index (χ0v) is 15.2. The van der Waals surface area contributed by atoms with Gasteiger partial charge in [0.15, 0.2) is 0 Å². The number of carbonyl (C=O) groups is 1. The Morgan fingerprint density at radius 1 is 1.00 bits per heavy atom. The summed E-state index contributed by atoms with van der Waals surface area (Å²) >= 11 is 0. The molecule has 0 aliphatic carbocycles. The Hall–Kier alpha value is -3.75. The molecule has 150 valence electrons. The number of nitrogens with one attached hydrogen (secondary N) is 1. The van der Waals surface area contributed by atoms with E-state index in [1.807, 2.05) is 0 Å². The molecule has 0 saturated heterocycles. The van der Waals surface area contributed by atoms with E-state index < -0.39 is 12.3 Å². The molecule has 2 aromatic carbocycles. The smallest absolute Gasteiger partial charge is 0.457 e. The second-order valence-corrected chi connectivity index (χ2v) is 5.99. The van der Waals surface area contributed by atoms with E-state index in [0.717, 1.165) is 6.07 Å². The summed E-state index contributed by atoms with van der Waals surface area (Å²) in [5, 5.41) is 2.68. The highest BCUT2D eigenvalue weighted by atomic mass is 19.4. The van der Waals surface area contributed by atoms with Gasteiger partial charge < -0.3 is 20.5 Å². The fourth-order valence-electron chi connectivity index (χ4n) is 2.44. The van der Waals surface area contributed by atoms with Crippen LogP contribution in [0.5, 0.6) is 17.2 Å². The van der Waals surface area contributed by atoms with Crippen LogP contribution in [-0.4, -0.2) is 17.3 Å². The van der Waals surface area contributed by atoms with Gasteiger partial charge in [-0.25, -0.2) is 4.98 Å². The number of rotatable bonds is 5. The molecular formula is C20H16F3N3O3. The molecular weight excluding hydrogens is 387 g/mol. The zero-order valence-electron chi connectivity index (χ0n) is 15.2. The van der Waals surface area contributed by atoms with Crippen molar-refractivity contribution in [1.82, 2.24) is 4.98 Å². The standard InChI is InChI=1S/C20H16F3N3O3/c1-12-5-10-17(18(24)25-12)19(27)26-13-6-8-14(9-7-13)28-15-3-2-4-16(11-15)29-20(21,22)23/h2-11H,1H3,(H2,24,25)(H,26,27). The predicted molar refractivity (Wildman–Crippen MR) is 101 cm³/mol. The van der Waals surface area contributed by atoms with Crippen LogP contribution in [0.15, 0.2) is 60.7 Å². The van der Waals surface area contributed by atoms with E-state index in [4.69, 9.17) is 10.5 Å². The number of aromatic nitrogens is 1. The monoisotopic (exact) mass is 403 g/mol. The normalized spacial score (nSPS) is 11.0. The molecule has 3 aromatic rings. The van der Waals surface area contributed by atoms with Crippen LogP contribution < -0.4 is 20.5 Å². The highest BCUT2D eigenvalue weighted by molar-refractivity contribution is 6.07. The van der Waals surface area contributed by atoms with Crippen LogP contribution >= 0.6 is 0 Å². The van der Waals surface area contributed by atoms with Gasteiger partial charge in [0.05, 0.1) is 5.56 Å². The number of carbonyl (C=O) groups excluding carboxylic acids is 1. The molecule has 1 heterocycles. The molecule has 0 spiro atoms. The topological polar surface area (TPSA) is 86.5 Å². The largest absolute Gasteiger partial charge is 0.573 e. The summed E-state index contributed by atoms with van der Waals surface area (Å²) in [6, 6.07) is 14.7. The highest BCUT2D eigenvalue weighted by Crippen LogP contribution is 2.29. The molecule has 29 heavy (non-hydrogen) atoms. The Morgan fingerprint density at radius 3 is 2.34 bits per heavy atom. The minimum absolute atomic E-state index is 0.128. The third-order valence-electron chi connectivity index (χ3n) is 3.70. The first-order valence-corrected chi connectivity index (χ1v) is 8.38. The predicted octanol–water partition coefficient (Wildman–Crippen LogP) is 4.92. The zero-order chi connectivity index (χ0) is 21.0. The number of alkyl halides is 3. The molecule has 0 fully saturated rings. The molecule has 0 aliphatic heterocycles. The second-order valence-electron chi connectivity index (χ2n) is 5.99. The van der Waals surface area contributed by atoms with Crippen molar-refractivity contribution >= 4 is 17.4 Å². The third kappa shape index (κ3) is 5.61. The van der Waals surface area contributed by atoms with Gasteiger partial charge in [-0.15, -0.1) is 13.2 Å². The highest BCUT2D eigenvalue weighted by Gasteiger charge is 2.31. The first-order valence-electron chi connectivity index (χ1n) is 8.38. The van der Waals surface area contributed by atoms with Crippen LogP contribution in [0, 0.1) is 6.92 Å². The summed E-state index contributed by atoms with van der Waals surface area (Å²) in [5.74, 6) is -0.141. The van der Waals surface area contributed by atoms with Crippen LogP contribution in [0.25, 0.3) is 0 Å². The lowest BCUT2D eigenvalue weighted by atomic mass is 10.2. The maximum Gasteiger partial charge on any atom is 0.573 e. The van der Waals surface area contributed by atoms with E-state index in [1.165, 1.54) is 18.2 Å². The summed E-state index contributed by atoms with van der Waals surface area (Å²) in [6.45, 7) is 1.77. The Bertz CT molecular complexity index is 1020. The minimum atomic E-state index is -4.78. The number of anilines is 2. The number of nitrogens with zero attached hydrogens (tertiary/aromatic N) is 1. The van der Waals surface area contributed by atoms with E-state index in [9.17, 15) is 18.0 Å². The van der Waals surface area contributed by atoms with Gasteiger partial charge in [0.25, 0.3) is 5.91 Å². The van der Waals surface area contributed by atoms with Crippen molar-refractivity contribution in [2.24, 2.45) is 0 Å².